The Morgan fingerprint density at radius 1 is 1.11 bits per heavy atom. The summed E-state index contributed by atoms with van der Waals surface area (Å²) in [5, 5.41) is 18.4. The van der Waals surface area contributed by atoms with Crippen molar-refractivity contribution in [1.82, 2.24) is 15.1 Å². The quantitative estimate of drug-likeness (QED) is 0.281. The number of hydrogen-bond acceptors (Lipinski definition) is 6. The van der Waals surface area contributed by atoms with Crippen molar-refractivity contribution in [2.75, 3.05) is 26.4 Å². The molecule has 0 spiro atoms. The Morgan fingerprint density at radius 3 is 2.65 bits per heavy atom. The fourth-order valence-electron chi connectivity index (χ4n) is 4.53. The average molecular weight is 528 g/mol. The fraction of sp³-hybridized carbons (Fsp3) is 0.429. The standard InChI is InChI=1S/C28H34ClN3O5/c1-5-13-37-22-11-8-18(15-23(22)35-6-2)27-24-25(20-16-19(29)9-10-21(20)33)30-31-26(24)28(34)32(27)12-7-14-36-17(3)4/h8-11,15-17,27,33H,5-7,12-14H2,1-4H3,(H,30,31). The molecule has 2 aromatic carbocycles. The number of aromatic amines is 1. The maximum atomic E-state index is 13.6. The second-order valence-electron chi connectivity index (χ2n) is 9.18. The number of carbonyl (C=O) groups excluding carboxylic acids is 1. The first-order chi connectivity index (χ1) is 17.8. The van der Waals surface area contributed by atoms with Crippen LogP contribution in [-0.2, 0) is 4.74 Å². The lowest BCUT2D eigenvalue weighted by Gasteiger charge is -2.27. The van der Waals surface area contributed by atoms with Crippen molar-refractivity contribution >= 4 is 17.5 Å². The number of hydrogen-bond donors (Lipinski definition) is 2. The zero-order valence-electron chi connectivity index (χ0n) is 21.7. The lowest BCUT2D eigenvalue weighted by Crippen LogP contribution is -2.31. The largest absolute Gasteiger partial charge is 0.507 e. The van der Waals surface area contributed by atoms with Gasteiger partial charge in [0, 0.05) is 29.3 Å². The first-order valence-corrected chi connectivity index (χ1v) is 13.1. The SMILES string of the molecule is CCCOc1ccc(C2c3c(-c4cc(Cl)ccc4O)n[nH]c3C(=O)N2CCCOC(C)C)cc1OCC. The summed E-state index contributed by atoms with van der Waals surface area (Å²) in [5.41, 5.74) is 2.89. The van der Waals surface area contributed by atoms with Gasteiger partial charge >= 0.3 is 0 Å². The molecule has 0 saturated heterocycles. The topological polar surface area (TPSA) is 96.9 Å². The first-order valence-electron chi connectivity index (χ1n) is 12.7. The predicted molar refractivity (Wildman–Crippen MR) is 143 cm³/mol. The van der Waals surface area contributed by atoms with Gasteiger partial charge < -0.3 is 24.2 Å². The van der Waals surface area contributed by atoms with Crippen molar-refractivity contribution in [3.05, 3.63) is 58.2 Å². The summed E-state index contributed by atoms with van der Waals surface area (Å²) in [6.45, 7) is 10.0. The van der Waals surface area contributed by atoms with Gasteiger partial charge in [-0.2, -0.15) is 5.10 Å². The molecule has 4 rings (SSSR count). The molecule has 1 aliphatic rings. The highest BCUT2D eigenvalue weighted by atomic mass is 35.5. The maximum absolute atomic E-state index is 13.6. The van der Waals surface area contributed by atoms with E-state index in [1.54, 1.807) is 12.1 Å². The fourth-order valence-corrected chi connectivity index (χ4v) is 4.70. The number of carbonyl (C=O) groups is 1. The molecule has 0 bridgehead atoms. The molecule has 1 atom stereocenters. The molecule has 198 valence electrons. The molecule has 1 amide bonds. The van der Waals surface area contributed by atoms with Crippen molar-refractivity contribution in [3.8, 4) is 28.5 Å². The minimum absolute atomic E-state index is 0.0343. The van der Waals surface area contributed by atoms with E-state index < -0.39 is 6.04 Å². The molecule has 0 aliphatic carbocycles. The number of rotatable bonds is 12. The Labute approximate surface area is 222 Å². The molecule has 3 aromatic rings. The molecule has 2 heterocycles. The van der Waals surface area contributed by atoms with Crippen LogP contribution in [0.25, 0.3) is 11.3 Å². The van der Waals surface area contributed by atoms with E-state index in [-0.39, 0.29) is 17.8 Å². The van der Waals surface area contributed by atoms with Gasteiger partial charge in [-0.1, -0.05) is 24.6 Å². The highest BCUT2D eigenvalue weighted by molar-refractivity contribution is 6.31. The number of H-pyrrole nitrogens is 1. The second kappa shape index (κ2) is 11.9. The van der Waals surface area contributed by atoms with Gasteiger partial charge in [-0.15, -0.1) is 0 Å². The van der Waals surface area contributed by atoms with Gasteiger partial charge in [0.2, 0.25) is 0 Å². The van der Waals surface area contributed by atoms with Gasteiger partial charge in [0.1, 0.15) is 17.1 Å². The third kappa shape index (κ3) is 5.70. The van der Waals surface area contributed by atoms with E-state index in [0.29, 0.717) is 71.8 Å². The normalized spacial score (nSPS) is 14.9. The Balaban J connectivity index is 1.79. The van der Waals surface area contributed by atoms with Gasteiger partial charge in [-0.25, -0.2) is 0 Å². The summed E-state index contributed by atoms with van der Waals surface area (Å²) in [5.74, 6) is 1.16. The van der Waals surface area contributed by atoms with Crippen LogP contribution >= 0.6 is 11.6 Å². The van der Waals surface area contributed by atoms with Crippen LogP contribution in [0.15, 0.2) is 36.4 Å². The minimum atomic E-state index is -0.451. The minimum Gasteiger partial charge on any atom is -0.507 e. The second-order valence-corrected chi connectivity index (χ2v) is 9.62. The number of halogens is 1. The summed E-state index contributed by atoms with van der Waals surface area (Å²) >= 11 is 6.25. The Bertz CT molecular complexity index is 1240. The molecule has 1 aliphatic heterocycles. The molecule has 37 heavy (non-hydrogen) atoms. The van der Waals surface area contributed by atoms with E-state index in [1.807, 2.05) is 50.8 Å². The van der Waals surface area contributed by atoms with Gasteiger partial charge in [0.05, 0.1) is 25.4 Å². The monoisotopic (exact) mass is 527 g/mol. The smallest absolute Gasteiger partial charge is 0.273 e. The average Bonchev–Trinajstić information content (AvgIpc) is 3.41. The predicted octanol–water partition coefficient (Wildman–Crippen LogP) is 5.98. The molecule has 9 heteroatoms. The van der Waals surface area contributed by atoms with Crippen molar-refractivity contribution in [2.45, 2.75) is 52.7 Å². The van der Waals surface area contributed by atoms with Crippen LogP contribution in [0.2, 0.25) is 5.02 Å². The summed E-state index contributed by atoms with van der Waals surface area (Å²) in [6, 6.07) is 10.1. The molecular weight excluding hydrogens is 494 g/mol. The number of benzene rings is 2. The Morgan fingerprint density at radius 2 is 1.92 bits per heavy atom. The van der Waals surface area contributed by atoms with Crippen LogP contribution in [0.5, 0.6) is 17.2 Å². The molecule has 2 N–H and O–H groups in total. The number of phenolic OH excluding ortho intramolecular Hbond substituents is 1. The van der Waals surface area contributed by atoms with Gasteiger partial charge in [-0.05, 0) is 69.5 Å². The number of aromatic nitrogens is 2. The first kappa shape index (κ1) is 26.8. The van der Waals surface area contributed by atoms with Crippen LogP contribution in [0, 0.1) is 0 Å². The van der Waals surface area contributed by atoms with Crippen LogP contribution in [0.4, 0.5) is 0 Å². The lowest BCUT2D eigenvalue weighted by molar-refractivity contribution is 0.0601. The van der Waals surface area contributed by atoms with Crippen LogP contribution in [0.1, 0.15) is 68.2 Å². The number of nitrogens with one attached hydrogen (secondary N) is 1. The van der Waals surface area contributed by atoms with Crippen LogP contribution < -0.4 is 9.47 Å². The van der Waals surface area contributed by atoms with Crippen molar-refractivity contribution < 1.29 is 24.1 Å². The summed E-state index contributed by atoms with van der Waals surface area (Å²) < 4.78 is 17.5. The summed E-state index contributed by atoms with van der Waals surface area (Å²) in [6.07, 6.45) is 1.66. The van der Waals surface area contributed by atoms with E-state index in [0.717, 1.165) is 12.0 Å². The van der Waals surface area contributed by atoms with Crippen LogP contribution in [0.3, 0.4) is 0 Å². The Hall–Kier alpha value is -3.23. The molecule has 1 unspecified atom stereocenters. The van der Waals surface area contributed by atoms with E-state index in [9.17, 15) is 9.90 Å². The highest BCUT2D eigenvalue weighted by Crippen LogP contribution is 2.46. The summed E-state index contributed by atoms with van der Waals surface area (Å²) in [4.78, 5) is 15.4. The van der Waals surface area contributed by atoms with E-state index in [1.165, 1.54) is 6.07 Å². The van der Waals surface area contributed by atoms with Gasteiger partial charge in [-0.3, -0.25) is 9.89 Å². The molecule has 1 aromatic heterocycles. The maximum Gasteiger partial charge on any atom is 0.273 e. The third-order valence-corrected chi connectivity index (χ3v) is 6.35. The third-order valence-electron chi connectivity index (χ3n) is 6.12. The highest BCUT2D eigenvalue weighted by Gasteiger charge is 2.42. The van der Waals surface area contributed by atoms with Crippen molar-refractivity contribution in [3.63, 3.8) is 0 Å². The van der Waals surface area contributed by atoms with E-state index >= 15 is 0 Å². The van der Waals surface area contributed by atoms with Gasteiger partial charge in [0.15, 0.2) is 11.5 Å². The molecular formula is C28H34ClN3O5. The van der Waals surface area contributed by atoms with Crippen molar-refractivity contribution in [1.29, 1.82) is 0 Å². The lowest BCUT2D eigenvalue weighted by atomic mass is 9.95. The zero-order valence-corrected chi connectivity index (χ0v) is 22.5. The van der Waals surface area contributed by atoms with Crippen molar-refractivity contribution in [2.24, 2.45) is 0 Å². The number of nitrogens with zero attached hydrogens (tertiary/aromatic N) is 2. The number of fused-ring (bicyclic) bond motifs is 1. The molecule has 8 nitrogen and oxygen atoms in total. The molecule has 0 radical (unpaired) electrons. The summed E-state index contributed by atoms with van der Waals surface area (Å²) in [7, 11) is 0. The van der Waals surface area contributed by atoms with E-state index in [2.05, 4.69) is 10.2 Å². The Kier molecular flexibility index (Phi) is 8.61. The van der Waals surface area contributed by atoms with Gasteiger partial charge in [0.25, 0.3) is 5.91 Å². The number of ether oxygens (including phenoxy) is 3. The van der Waals surface area contributed by atoms with E-state index in [4.69, 9.17) is 25.8 Å². The molecule has 0 saturated carbocycles. The number of phenols is 1. The van der Waals surface area contributed by atoms with Crippen LogP contribution in [-0.4, -0.2) is 58.6 Å². The molecule has 0 fully saturated rings. The number of amides is 1. The number of aromatic hydroxyl groups is 1. The zero-order chi connectivity index (χ0) is 26.5.